The lowest BCUT2D eigenvalue weighted by molar-refractivity contribution is -0.137. The zero-order chi connectivity index (χ0) is 15.2. The zero-order valence-corrected chi connectivity index (χ0v) is 11.0. The summed E-state index contributed by atoms with van der Waals surface area (Å²) in [7, 11) is 0. The minimum absolute atomic E-state index is 0.0361. The second-order valence-electron chi connectivity index (χ2n) is 5.15. The summed E-state index contributed by atoms with van der Waals surface area (Å²) in [6, 6.07) is 3.12. The molecule has 1 aromatic carbocycles. The molecule has 0 unspecified atom stereocenters. The second kappa shape index (κ2) is 4.84. The Labute approximate surface area is 117 Å². The number of fused-ring (bicyclic) bond motifs is 1. The number of aliphatic hydroxyl groups is 1. The summed E-state index contributed by atoms with van der Waals surface area (Å²) in [5, 5.41) is 13.3. The fraction of sp³-hybridized carbons (Fsp3) is 0.429. The Bertz CT molecular complexity index is 748. The Hall–Kier alpha value is -1.89. The van der Waals surface area contributed by atoms with Gasteiger partial charge in [-0.2, -0.15) is 18.3 Å². The van der Waals surface area contributed by atoms with E-state index in [9.17, 15) is 18.0 Å². The largest absolute Gasteiger partial charge is 0.416 e. The van der Waals surface area contributed by atoms with Crippen LogP contribution in [0.25, 0.3) is 10.9 Å². The maximum absolute atomic E-state index is 12.8. The summed E-state index contributed by atoms with van der Waals surface area (Å²) in [6.07, 6.45) is -2.69. The highest BCUT2D eigenvalue weighted by atomic mass is 19.4. The average Bonchev–Trinajstić information content (AvgIpc) is 3.25. The predicted octanol–water partition coefficient (Wildman–Crippen LogP) is 2.29. The minimum Gasteiger partial charge on any atom is -0.396 e. The van der Waals surface area contributed by atoms with Crippen molar-refractivity contribution in [1.82, 2.24) is 9.78 Å². The number of rotatable bonds is 3. The molecule has 1 aliphatic rings. The maximum Gasteiger partial charge on any atom is 0.416 e. The first kappa shape index (κ1) is 14.1. The molecule has 1 heterocycles. The molecule has 0 amide bonds. The molecule has 1 N–H and O–H groups in total. The van der Waals surface area contributed by atoms with Crippen molar-refractivity contribution in [2.45, 2.75) is 31.5 Å². The summed E-state index contributed by atoms with van der Waals surface area (Å²) < 4.78 is 40.0. The van der Waals surface area contributed by atoms with E-state index in [4.69, 9.17) is 5.11 Å². The highest BCUT2D eigenvalue weighted by Gasteiger charge is 2.32. The molecule has 21 heavy (non-hydrogen) atoms. The molecule has 4 nitrogen and oxygen atoms in total. The van der Waals surface area contributed by atoms with E-state index in [2.05, 4.69) is 5.10 Å². The van der Waals surface area contributed by atoms with Gasteiger partial charge in [-0.15, -0.1) is 0 Å². The Morgan fingerprint density at radius 3 is 2.62 bits per heavy atom. The number of alkyl halides is 3. The number of aliphatic hydroxyl groups excluding tert-OH is 1. The third kappa shape index (κ3) is 2.53. The molecule has 1 fully saturated rings. The van der Waals surface area contributed by atoms with E-state index in [1.807, 2.05) is 0 Å². The van der Waals surface area contributed by atoms with Crippen molar-refractivity contribution in [2.24, 2.45) is 0 Å². The van der Waals surface area contributed by atoms with Crippen molar-refractivity contribution in [1.29, 1.82) is 0 Å². The van der Waals surface area contributed by atoms with Gasteiger partial charge in [-0.25, -0.2) is 0 Å². The van der Waals surface area contributed by atoms with E-state index >= 15 is 0 Å². The SMILES string of the molecule is O=c1c(CCO)nn(C2CC2)c2cc(C(F)(F)F)ccc12. The normalized spacial score (nSPS) is 15.6. The topological polar surface area (TPSA) is 55.1 Å². The van der Waals surface area contributed by atoms with Gasteiger partial charge >= 0.3 is 6.18 Å². The van der Waals surface area contributed by atoms with Crippen LogP contribution in [0.4, 0.5) is 13.2 Å². The number of aromatic nitrogens is 2. The first-order valence-corrected chi connectivity index (χ1v) is 6.65. The molecule has 3 rings (SSSR count). The molecule has 0 aliphatic heterocycles. The van der Waals surface area contributed by atoms with Gasteiger partial charge in [-0.05, 0) is 31.0 Å². The summed E-state index contributed by atoms with van der Waals surface area (Å²) in [5.74, 6) is 0. The summed E-state index contributed by atoms with van der Waals surface area (Å²) >= 11 is 0. The fourth-order valence-corrected chi connectivity index (χ4v) is 2.34. The van der Waals surface area contributed by atoms with Crippen LogP contribution in [0.1, 0.15) is 30.1 Å². The third-order valence-electron chi connectivity index (χ3n) is 3.55. The third-order valence-corrected chi connectivity index (χ3v) is 3.55. The molecule has 1 aliphatic carbocycles. The number of halogens is 3. The fourth-order valence-electron chi connectivity index (χ4n) is 2.34. The van der Waals surface area contributed by atoms with Crippen LogP contribution in [0.15, 0.2) is 23.0 Å². The Morgan fingerprint density at radius 2 is 2.05 bits per heavy atom. The standard InChI is InChI=1S/C14H13F3N2O2/c15-14(16,17)8-1-4-10-12(7-8)19(9-2-3-9)18-11(5-6-20)13(10)21/h1,4,7,9,20H,2-3,5-6H2. The van der Waals surface area contributed by atoms with Gasteiger partial charge in [0.15, 0.2) is 0 Å². The van der Waals surface area contributed by atoms with E-state index in [-0.39, 0.29) is 35.7 Å². The number of nitrogens with zero attached hydrogens (tertiary/aromatic N) is 2. The van der Waals surface area contributed by atoms with Gasteiger partial charge < -0.3 is 5.11 Å². The molecule has 0 bridgehead atoms. The minimum atomic E-state index is -4.46. The lowest BCUT2D eigenvalue weighted by Crippen LogP contribution is -2.20. The lowest BCUT2D eigenvalue weighted by Gasteiger charge is -2.13. The molecular formula is C14H13F3N2O2. The van der Waals surface area contributed by atoms with Crippen LogP contribution >= 0.6 is 0 Å². The number of benzene rings is 1. The molecule has 0 radical (unpaired) electrons. The molecule has 7 heteroatoms. The van der Waals surface area contributed by atoms with Gasteiger partial charge in [0.25, 0.3) is 0 Å². The maximum atomic E-state index is 12.8. The molecule has 0 spiro atoms. The van der Waals surface area contributed by atoms with Crippen molar-refractivity contribution in [3.05, 3.63) is 39.7 Å². The van der Waals surface area contributed by atoms with Gasteiger partial charge in [0.1, 0.15) is 5.69 Å². The lowest BCUT2D eigenvalue weighted by atomic mass is 10.1. The summed E-state index contributed by atoms with van der Waals surface area (Å²) in [5.41, 5.74) is -0.805. The van der Waals surface area contributed by atoms with Crippen LogP contribution < -0.4 is 5.43 Å². The van der Waals surface area contributed by atoms with Crippen LogP contribution in [-0.4, -0.2) is 21.5 Å². The summed E-state index contributed by atoms with van der Waals surface area (Å²) in [4.78, 5) is 12.2. The van der Waals surface area contributed by atoms with Crippen molar-refractivity contribution in [3.63, 3.8) is 0 Å². The highest BCUT2D eigenvalue weighted by Crippen LogP contribution is 2.37. The number of hydrogen-bond acceptors (Lipinski definition) is 3. The molecule has 0 atom stereocenters. The van der Waals surface area contributed by atoms with Crippen LogP contribution in [0, 0.1) is 0 Å². The van der Waals surface area contributed by atoms with Gasteiger partial charge in [-0.3, -0.25) is 9.48 Å². The van der Waals surface area contributed by atoms with Crippen molar-refractivity contribution < 1.29 is 18.3 Å². The Balaban J connectivity index is 2.28. The smallest absolute Gasteiger partial charge is 0.396 e. The first-order valence-electron chi connectivity index (χ1n) is 6.65. The molecule has 112 valence electrons. The van der Waals surface area contributed by atoms with Crippen LogP contribution in [0.2, 0.25) is 0 Å². The molecular weight excluding hydrogens is 285 g/mol. The van der Waals surface area contributed by atoms with E-state index in [0.29, 0.717) is 0 Å². The molecule has 2 aromatic rings. The number of hydrogen-bond donors (Lipinski definition) is 1. The van der Waals surface area contributed by atoms with Gasteiger partial charge in [0, 0.05) is 18.4 Å². The predicted molar refractivity (Wildman–Crippen MR) is 70.1 cm³/mol. The Morgan fingerprint density at radius 1 is 1.33 bits per heavy atom. The van der Waals surface area contributed by atoms with Gasteiger partial charge in [0.05, 0.1) is 17.1 Å². The molecule has 1 aromatic heterocycles. The van der Waals surface area contributed by atoms with E-state index in [0.717, 1.165) is 25.0 Å². The van der Waals surface area contributed by atoms with Gasteiger partial charge in [-0.1, -0.05) is 0 Å². The molecule has 0 saturated heterocycles. The average molecular weight is 298 g/mol. The monoisotopic (exact) mass is 298 g/mol. The van der Waals surface area contributed by atoms with Gasteiger partial charge in [0.2, 0.25) is 5.43 Å². The van der Waals surface area contributed by atoms with E-state index < -0.39 is 17.2 Å². The van der Waals surface area contributed by atoms with E-state index in [1.54, 1.807) is 0 Å². The molecule has 1 saturated carbocycles. The summed E-state index contributed by atoms with van der Waals surface area (Å²) in [6.45, 7) is -0.223. The quantitative estimate of drug-likeness (QED) is 0.946. The zero-order valence-electron chi connectivity index (χ0n) is 11.0. The van der Waals surface area contributed by atoms with Crippen LogP contribution in [0.5, 0.6) is 0 Å². The van der Waals surface area contributed by atoms with Crippen molar-refractivity contribution >= 4 is 10.9 Å². The second-order valence-corrected chi connectivity index (χ2v) is 5.15. The van der Waals surface area contributed by atoms with Crippen LogP contribution in [0.3, 0.4) is 0 Å². The highest BCUT2D eigenvalue weighted by molar-refractivity contribution is 5.80. The van der Waals surface area contributed by atoms with Crippen LogP contribution in [-0.2, 0) is 12.6 Å². The van der Waals surface area contributed by atoms with Crippen molar-refractivity contribution in [2.75, 3.05) is 6.61 Å². The van der Waals surface area contributed by atoms with E-state index in [1.165, 1.54) is 10.7 Å². The Kier molecular flexibility index (Phi) is 3.24. The first-order chi connectivity index (χ1) is 9.91. The van der Waals surface area contributed by atoms with Crippen molar-refractivity contribution in [3.8, 4) is 0 Å².